The number of anilines is 1. The number of carbonyl (C=O) groups is 2. The largest absolute Gasteiger partial charge is 0.412 e. The molecule has 29 heavy (non-hydrogen) atoms. The van der Waals surface area contributed by atoms with Crippen LogP contribution in [-0.4, -0.2) is 65.8 Å². The highest BCUT2D eigenvalue weighted by Crippen LogP contribution is 2.43. The Bertz CT molecular complexity index is 748. The van der Waals surface area contributed by atoms with Crippen LogP contribution in [0.25, 0.3) is 0 Å². The number of hydrogen-bond donors (Lipinski definition) is 2. The van der Waals surface area contributed by atoms with Crippen molar-refractivity contribution in [2.45, 2.75) is 57.1 Å². The maximum Gasteiger partial charge on any atom is 0.412 e. The van der Waals surface area contributed by atoms with Gasteiger partial charge in [-0.1, -0.05) is 0 Å². The highest BCUT2D eigenvalue weighted by Gasteiger charge is 2.50. The molecule has 0 radical (unpaired) electrons. The molecule has 1 aromatic rings. The van der Waals surface area contributed by atoms with Crippen LogP contribution in [0.1, 0.15) is 44.9 Å². The minimum atomic E-state index is -0.525. The first-order chi connectivity index (χ1) is 14.0. The van der Waals surface area contributed by atoms with Gasteiger partial charge in [-0.25, -0.2) is 9.78 Å². The molecule has 0 aromatic carbocycles. The molecule has 8 heteroatoms. The fraction of sp³-hybridized carbons (Fsp3) is 0.667. The van der Waals surface area contributed by atoms with Crippen LogP contribution in [-0.2, 0) is 4.79 Å². The zero-order valence-electron chi connectivity index (χ0n) is 17.0. The number of aliphatic hydroxyl groups excluding tert-OH is 1. The number of aromatic nitrogens is 1. The molecule has 1 unspecified atom stereocenters. The van der Waals surface area contributed by atoms with E-state index < -0.39 is 6.09 Å². The van der Waals surface area contributed by atoms with Gasteiger partial charge in [-0.05, 0) is 57.1 Å². The van der Waals surface area contributed by atoms with E-state index in [-0.39, 0.29) is 23.5 Å². The zero-order chi connectivity index (χ0) is 20.4. The Morgan fingerprint density at radius 2 is 2.03 bits per heavy atom. The van der Waals surface area contributed by atoms with E-state index in [1.807, 2.05) is 6.07 Å². The number of ether oxygens (including phenoxy) is 1. The fourth-order valence-corrected chi connectivity index (χ4v) is 5.05. The molecular formula is C21H30N4O4. The average molecular weight is 402 g/mol. The number of carbonyl (C=O) groups excluding carboxylic acids is 2. The molecule has 1 aliphatic carbocycles. The van der Waals surface area contributed by atoms with Gasteiger partial charge in [0, 0.05) is 32.7 Å². The number of hydrogen-bond acceptors (Lipinski definition) is 6. The highest BCUT2D eigenvalue weighted by molar-refractivity contribution is 5.86. The number of pyridine rings is 1. The number of rotatable bonds is 3. The molecule has 0 bridgehead atoms. The van der Waals surface area contributed by atoms with E-state index in [1.165, 1.54) is 7.05 Å². The lowest BCUT2D eigenvalue weighted by atomic mass is 9.78. The van der Waals surface area contributed by atoms with Crippen LogP contribution >= 0.6 is 0 Å². The zero-order valence-corrected chi connectivity index (χ0v) is 17.0. The number of nitrogens with one attached hydrogen (secondary N) is 1. The third kappa shape index (κ3) is 4.03. The Morgan fingerprint density at radius 1 is 1.24 bits per heavy atom. The van der Waals surface area contributed by atoms with Crippen molar-refractivity contribution in [3.8, 4) is 5.75 Å². The van der Waals surface area contributed by atoms with Crippen molar-refractivity contribution in [3.05, 3.63) is 18.3 Å². The summed E-state index contributed by atoms with van der Waals surface area (Å²) >= 11 is 0. The van der Waals surface area contributed by atoms with E-state index in [2.05, 4.69) is 20.1 Å². The minimum Gasteiger partial charge on any atom is -0.409 e. The van der Waals surface area contributed by atoms with Crippen LogP contribution in [0, 0.1) is 5.41 Å². The Morgan fingerprint density at radius 3 is 2.72 bits per heavy atom. The van der Waals surface area contributed by atoms with E-state index >= 15 is 0 Å². The average Bonchev–Trinajstić information content (AvgIpc) is 3.04. The van der Waals surface area contributed by atoms with E-state index in [9.17, 15) is 14.7 Å². The molecule has 3 heterocycles. The SMILES string of the molecule is CNC(=O)Oc1ccc(N2CCCC3(CCN(C4CCC(O)CC4)C3=O)C2)nc1. The van der Waals surface area contributed by atoms with Crippen LogP contribution in [0.5, 0.6) is 5.75 Å². The molecule has 1 atom stereocenters. The normalized spacial score (nSPS) is 29.9. The van der Waals surface area contributed by atoms with Crippen LogP contribution in [0.4, 0.5) is 10.6 Å². The van der Waals surface area contributed by atoms with Crippen molar-refractivity contribution in [2.75, 3.05) is 31.6 Å². The molecule has 1 aromatic heterocycles. The van der Waals surface area contributed by atoms with Crippen LogP contribution in [0.3, 0.4) is 0 Å². The molecule has 8 nitrogen and oxygen atoms in total. The summed E-state index contributed by atoms with van der Waals surface area (Å²) in [5.41, 5.74) is -0.326. The molecule has 1 spiro atoms. The summed E-state index contributed by atoms with van der Waals surface area (Å²) in [5, 5.41) is 12.2. The summed E-state index contributed by atoms with van der Waals surface area (Å²) in [6, 6.07) is 3.85. The molecule has 4 rings (SSSR count). The van der Waals surface area contributed by atoms with Crippen molar-refractivity contribution in [3.63, 3.8) is 0 Å². The van der Waals surface area contributed by atoms with Crippen LogP contribution in [0.2, 0.25) is 0 Å². The van der Waals surface area contributed by atoms with Gasteiger partial charge < -0.3 is 25.0 Å². The first kappa shape index (κ1) is 19.9. The number of aliphatic hydroxyl groups is 1. The second kappa shape index (κ2) is 8.18. The number of nitrogens with zero attached hydrogens (tertiary/aromatic N) is 3. The maximum atomic E-state index is 13.4. The quantitative estimate of drug-likeness (QED) is 0.802. The summed E-state index contributed by atoms with van der Waals surface area (Å²) in [4.78, 5) is 33.4. The number of amides is 2. The van der Waals surface area contributed by atoms with Crippen molar-refractivity contribution in [1.29, 1.82) is 0 Å². The number of likely N-dealkylation sites (tertiary alicyclic amines) is 1. The topological polar surface area (TPSA) is 95.0 Å². The fourth-order valence-electron chi connectivity index (χ4n) is 5.05. The Kier molecular flexibility index (Phi) is 5.63. The van der Waals surface area contributed by atoms with Gasteiger partial charge in [0.2, 0.25) is 5.91 Å². The predicted octanol–water partition coefficient (Wildman–Crippen LogP) is 1.92. The number of piperidine rings is 1. The van der Waals surface area contributed by atoms with Crippen molar-refractivity contribution in [1.82, 2.24) is 15.2 Å². The van der Waals surface area contributed by atoms with Gasteiger partial charge in [0.05, 0.1) is 17.7 Å². The molecular weight excluding hydrogens is 372 g/mol. The predicted molar refractivity (Wildman–Crippen MR) is 108 cm³/mol. The second-order valence-electron chi connectivity index (χ2n) is 8.51. The van der Waals surface area contributed by atoms with Gasteiger partial charge >= 0.3 is 6.09 Å². The summed E-state index contributed by atoms with van der Waals surface area (Å²) in [7, 11) is 1.51. The molecule has 2 saturated heterocycles. The molecule has 3 fully saturated rings. The third-order valence-electron chi connectivity index (χ3n) is 6.69. The summed E-state index contributed by atoms with van der Waals surface area (Å²) < 4.78 is 5.10. The molecule has 1 saturated carbocycles. The van der Waals surface area contributed by atoms with E-state index in [0.717, 1.165) is 63.9 Å². The van der Waals surface area contributed by atoms with Gasteiger partial charge in [0.25, 0.3) is 0 Å². The molecule has 2 amide bonds. The summed E-state index contributed by atoms with van der Waals surface area (Å²) in [6.07, 6.45) is 6.98. The Balaban J connectivity index is 1.43. The highest BCUT2D eigenvalue weighted by atomic mass is 16.6. The molecule has 2 aliphatic heterocycles. The lowest BCUT2D eigenvalue weighted by Crippen LogP contribution is -2.50. The first-order valence-electron chi connectivity index (χ1n) is 10.6. The standard InChI is InChI=1S/C21H30N4O4/c1-22-20(28)29-17-7-8-18(23-13-17)24-11-2-9-21(14-24)10-12-25(19(21)27)15-3-5-16(26)6-4-15/h7-8,13,15-16,26H,2-6,9-12,14H2,1H3,(H,22,28). The Hall–Kier alpha value is -2.35. The van der Waals surface area contributed by atoms with Gasteiger partial charge in [-0.3, -0.25) is 4.79 Å². The van der Waals surface area contributed by atoms with Gasteiger partial charge in [0.15, 0.2) is 5.75 Å². The van der Waals surface area contributed by atoms with E-state index in [1.54, 1.807) is 12.3 Å². The van der Waals surface area contributed by atoms with Gasteiger partial charge in [0.1, 0.15) is 5.82 Å². The van der Waals surface area contributed by atoms with Crippen molar-refractivity contribution < 1.29 is 19.4 Å². The van der Waals surface area contributed by atoms with Gasteiger partial charge in [-0.15, -0.1) is 0 Å². The summed E-state index contributed by atoms with van der Waals surface area (Å²) in [6.45, 7) is 2.37. The molecule has 2 N–H and O–H groups in total. The molecule has 3 aliphatic rings. The van der Waals surface area contributed by atoms with E-state index in [0.29, 0.717) is 12.3 Å². The van der Waals surface area contributed by atoms with E-state index in [4.69, 9.17) is 4.74 Å². The minimum absolute atomic E-state index is 0.204. The van der Waals surface area contributed by atoms with Crippen LogP contribution < -0.4 is 15.0 Å². The smallest absolute Gasteiger partial charge is 0.409 e. The first-order valence-corrected chi connectivity index (χ1v) is 10.6. The Labute approximate surface area is 171 Å². The summed E-state index contributed by atoms with van der Waals surface area (Å²) in [5.74, 6) is 1.48. The maximum absolute atomic E-state index is 13.4. The monoisotopic (exact) mass is 402 g/mol. The van der Waals surface area contributed by atoms with Crippen molar-refractivity contribution >= 4 is 17.8 Å². The lowest BCUT2D eigenvalue weighted by Gasteiger charge is -2.41. The third-order valence-corrected chi connectivity index (χ3v) is 6.69. The second-order valence-corrected chi connectivity index (χ2v) is 8.51. The van der Waals surface area contributed by atoms with Gasteiger partial charge in [-0.2, -0.15) is 0 Å². The molecule has 158 valence electrons. The van der Waals surface area contributed by atoms with Crippen LogP contribution in [0.15, 0.2) is 18.3 Å². The lowest BCUT2D eigenvalue weighted by molar-refractivity contribution is -0.139. The van der Waals surface area contributed by atoms with Crippen molar-refractivity contribution in [2.24, 2.45) is 5.41 Å².